The Morgan fingerprint density at radius 1 is 1.50 bits per heavy atom. The van der Waals surface area contributed by atoms with E-state index in [1.165, 1.54) is 0 Å². The number of ether oxygens (including phenoxy) is 1. The predicted molar refractivity (Wildman–Crippen MR) is 58.9 cm³/mol. The summed E-state index contributed by atoms with van der Waals surface area (Å²) in [5.74, 6) is 1.23. The lowest BCUT2D eigenvalue weighted by Crippen LogP contribution is -2.02. The zero-order valence-electron chi connectivity index (χ0n) is 8.77. The normalized spacial score (nSPS) is 10.1. The van der Waals surface area contributed by atoms with Crippen LogP contribution in [0.15, 0.2) is 18.2 Å². The molecule has 7 nitrogen and oxygen atoms in total. The van der Waals surface area contributed by atoms with E-state index in [1.807, 2.05) is 12.1 Å². The van der Waals surface area contributed by atoms with E-state index < -0.39 is 0 Å². The highest BCUT2D eigenvalue weighted by Gasteiger charge is 2.02. The van der Waals surface area contributed by atoms with Crippen molar-refractivity contribution in [3.05, 3.63) is 24.0 Å². The minimum Gasteiger partial charge on any atom is -0.495 e. The summed E-state index contributed by atoms with van der Waals surface area (Å²) in [4.78, 5) is 0. The van der Waals surface area contributed by atoms with Crippen molar-refractivity contribution in [3.8, 4) is 5.75 Å². The number of aromatic amines is 1. The molecule has 0 aliphatic carbocycles. The van der Waals surface area contributed by atoms with Crippen molar-refractivity contribution in [2.45, 2.75) is 6.54 Å². The highest BCUT2D eigenvalue weighted by atomic mass is 16.5. The Morgan fingerprint density at radius 2 is 2.38 bits per heavy atom. The maximum Gasteiger partial charge on any atom is 0.193 e. The van der Waals surface area contributed by atoms with Crippen molar-refractivity contribution >= 4 is 11.4 Å². The van der Waals surface area contributed by atoms with Crippen molar-refractivity contribution in [1.82, 2.24) is 20.6 Å². The molecule has 0 aliphatic rings. The van der Waals surface area contributed by atoms with E-state index in [2.05, 4.69) is 25.9 Å². The van der Waals surface area contributed by atoms with Crippen LogP contribution in [-0.2, 0) is 6.54 Å². The van der Waals surface area contributed by atoms with Gasteiger partial charge in [-0.15, -0.1) is 10.2 Å². The van der Waals surface area contributed by atoms with Gasteiger partial charge in [-0.1, -0.05) is 5.21 Å². The summed E-state index contributed by atoms with van der Waals surface area (Å²) in [5.41, 5.74) is 7.19. The molecule has 16 heavy (non-hydrogen) atoms. The number of nitrogens with two attached hydrogens (primary N) is 1. The number of hydrogen-bond acceptors (Lipinski definition) is 6. The third-order valence-corrected chi connectivity index (χ3v) is 2.07. The second-order valence-electron chi connectivity index (χ2n) is 3.14. The third-order valence-electron chi connectivity index (χ3n) is 2.07. The maximum atomic E-state index is 5.70. The molecule has 4 N–H and O–H groups in total. The van der Waals surface area contributed by atoms with Gasteiger partial charge in [-0.2, -0.15) is 5.21 Å². The van der Waals surface area contributed by atoms with Gasteiger partial charge < -0.3 is 15.8 Å². The first kappa shape index (κ1) is 10.2. The molecule has 0 amide bonds. The van der Waals surface area contributed by atoms with Gasteiger partial charge in [0.05, 0.1) is 19.3 Å². The fourth-order valence-corrected chi connectivity index (χ4v) is 1.26. The number of nitrogens with zero attached hydrogens (tertiary/aromatic N) is 3. The molecule has 1 aromatic heterocycles. The average molecular weight is 220 g/mol. The number of nitrogens with one attached hydrogen (secondary N) is 2. The van der Waals surface area contributed by atoms with Crippen LogP contribution in [0.3, 0.4) is 0 Å². The van der Waals surface area contributed by atoms with Crippen LogP contribution in [0.5, 0.6) is 5.75 Å². The predicted octanol–water partition coefficient (Wildman–Crippen LogP) is 0.403. The zero-order valence-corrected chi connectivity index (χ0v) is 8.77. The quantitative estimate of drug-likeness (QED) is 0.645. The van der Waals surface area contributed by atoms with E-state index in [9.17, 15) is 0 Å². The van der Waals surface area contributed by atoms with Crippen molar-refractivity contribution < 1.29 is 4.74 Å². The van der Waals surface area contributed by atoms with Gasteiger partial charge in [0.2, 0.25) is 0 Å². The van der Waals surface area contributed by atoms with Crippen LogP contribution >= 0.6 is 0 Å². The van der Waals surface area contributed by atoms with Crippen molar-refractivity contribution in [2.24, 2.45) is 0 Å². The molecule has 0 unspecified atom stereocenters. The first-order valence-corrected chi connectivity index (χ1v) is 4.69. The summed E-state index contributed by atoms with van der Waals surface area (Å²) < 4.78 is 5.11. The second kappa shape index (κ2) is 4.47. The minimum absolute atomic E-state index is 0.490. The van der Waals surface area contributed by atoms with E-state index in [1.54, 1.807) is 13.2 Å². The van der Waals surface area contributed by atoms with E-state index in [0.29, 0.717) is 23.8 Å². The summed E-state index contributed by atoms with van der Waals surface area (Å²) in [6, 6.07) is 5.45. The van der Waals surface area contributed by atoms with Gasteiger partial charge in [-0.05, 0) is 12.1 Å². The summed E-state index contributed by atoms with van der Waals surface area (Å²) in [6.07, 6.45) is 0. The molecule has 0 bridgehead atoms. The van der Waals surface area contributed by atoms with Gasteiger partial charge in [-0.25, -0.2) is 0 Å². The van der Waals surface area contributed by atoms with Gasteiger partial charge >= 0.3 is 0 Å². The van der Waals surface area contributed by atoms with Crippen molar-refractivity contribution in [1.29, 1.82) is 0 Å². The van der Waals surface area contributed by atoms with Gasteiger partial charge in [0.25, 0.3) is 0 Å². The molecule has 0 fully saturated rings. The standard InChI is InChI=1S/C9H12N6O/c1-16-8-4-6(2-3-7(8)10)11-5-9-12-14-15-13-9/h2-4,11H,5,10H2,1H3,(H,12,13,14,15). The number of benzene rings is 1. The molecule has 1 aromatic carbocycles. The monoisotopic (exact) mass is 220 g/mol. The van der Waals surface area contributed by atoms with Crippen LogP contribution in [0.1, 0.15) is 5.82 Å². The largest absolute Gasteiger partial charge is 0.495 e. The Labute approximate surface area is 92.0 Å². The van der Waals surface area contributed by atoms with Crippen LogP contribution < -0.4 is 15.8 Å². The van der Waals surface area contributed by atoms with Gasteiger partial charge in [0.1, 0.15) is 5.75 Å². The van der Waals surface area contributed by atoms with Gasteiger partial charge in [0, 0.05) is 11.8 Å². The summed E-state index contributed by atoms with van der Waals surface area (Å²) in [7, 11) is 1.58. The topological polar surface area (TPSA) is 102 Å². The summed E-state index contributed by atoms with van der Waals surface area (Å²) >= 11 is 0. The number of H-pyrrole nitrogens is 1. The molecule has 0 spiro atoms. The average Bonchev–Trinajstić information content (AvgIpc) is 2.81. The lowest BCUT2D eigenvalue weighted by molar-refractivity contribution is 0.417. The molecule has 0 saturated carbocycles. The Hall–Kier alpha value is -2.31. The molecule has 2 aromatic rings. The fourth-order valence-electron chi connectivity index (χ4n) is 1.26. The molecule has 7 heteroatoms. The molecule has 2 rings (SSSR count). The lowest BCUT2D eigenvalue weighted by atomic mass is 10.2. The summed E-state index contributed by atoms with van der Waals surface area (Å²) in [6.45, 7) is 0.490. The number of hydrogen-bond donors (Lipinski definition) is 3. The number of nitrogen functional groups attached to an aromatic ring is 1. The molecule has 0 radical (unpaired) electrons. The highest BCUT2D eigenvalue weighted by Crippen LogP contribution is 2.24. The van der Waals surface area contributed by atoms with Crippen LogP contribution in [0.2, 0.25) is 0 Å². The Balaban J connectivity index is 2.04. The van der Waals surface area contributed by atoms with Crippen molar-refractivity contribution in [3.63, 3.8) is 0 Å². The molecule has 84 valence electrons. The van der Waals surface area contributed by atoms with E-state index >= 15 is 0 Å². The summed E-state index contributed by atoms with van der Waals surface area (Å²) in [5, 5.41) is 16.6. The molecule has 1 heterocycles. The Bertz CT molecular complexity index is 455. The number of tetrazole rings is 1. The first-order valence-electron chi connectivity index (χ1n) is 4.69. The molecular weight excluding hydrogens is 208 g/mol. The van der Waals surface area contributed by atoms with Crippen LogP contribution in [0.25, 0.3) is 0 Å². The minimum atomic E-state index is 0.490. The molecular formula is C9H12N6O. The van der Waals surface area contributed by atoms with Crippen LogP contribution in [0, 0.1) is 0 Å². The van der Waals surface area contributed by atoms with Crippen molar-refractivity contribution in [2.75, 3.05) is 18.2 Å². The number of methoxy groups -OCH3 is 1. The second-order valence-corrected chi connectivity index (χ2v) is 3.14. The number of aromatic nitrogens is 4. The molecule has 0 aliphatic heterocycles. The smallest absolute Gasteiger partial charge is 0.193 e. The van der Waals surface area contributed by atoms with Gasteiger partial charge in [0.15, 0.2) is 5.82 Å². The fraction of sp³-hybridized carbons (Fsp3) is 0.222. The number of rotatable bonds is 4. The van der Waals surface area contributed by atoms with E-state index in [0.717, 1.165) is 5.69 Å². The van der Waals surface area contributed by atoms with Crippen LogP contribution in [0.4, 0.5) is 11.4 Å². The highest BCUT2D eigenvalue weighted by molar-refractivity contribution is 5.61. The van der Waals surface area contributed by atoms with E-state index in [4.69, 9.17) is 10.5 Å². The molecule has 0 atom stereocenters. The molecule has 0 saturated heterocycles. The zero-order chi connectivity index (χ0) is 11.4. The Morgan fingerprint density at radius 3 is 3.06 bits per heavy atom. The first-order chi connectivity index (χ1) is 7.79. The lowest BCUT2D eigenvalue weighted by Gasteiger charge is -2.08. The van der Waals surface area contributed by atoms with E-state index in [-0.39, 0.29) is 0 Å². The third kappa shape index (κ3) is 2.19. The maximum absolute atomic E-state index is 5.70. The van der Waals surface area contributed by atoms with Crippen LogP contribution in [-0.4, -0.2) is 27.7 Å². The van der Waals surface area contributed by atoms with Gasteiger partial charge in [-0.3, -0.25) is 0 Å². The number of anilines is 2. The Kier molecular flexibility index (Phi) is 2.86. The SMILES string of the molecule is COc1cc(NCc2nn[nH]n2)ccc1N.